The van der Waals surface area contributed by atoms with Gasteiger partial charge in [-0.15, -0.1) is 0 Å². The van der Waals surface area contributed by atoms with Crippen LogP contribution in [0.25, 0.3) is 0 Å². The molecule has 1 aromatic rings. The molecule has 0 amide bonds. The minimum Gasteiger partial charge on any atom is -0.591 e. The Morgan fingerprint density at radius 2 is 1.67 bits per heavy atom. The molecule has 0 radical (unpaired) electrons. The van der Waals surface area contributed by atoms with E-state index in [9.17, 15) is 4.55 Å². The highest BCUT2D eigenvalue weighted by Gasteiger charge is 1.78. The van der Waals surface area contributed by atoms with Gasteiger partial charge in [0.15, 0.2) is 0 Å². The van der Waals surface area contributed by atoms with Crippen LogP contribution in [0.1, 0.15) is 0 Å². The van der Waals surface area contributed by atoms with E-state index < -0.39 is 10.8 Å². The quantitative estimate of drug-likeness (QED) is 0.452. The predicted octanol–water partition coefficient (Wildman–Crippen LogP) is 1.41. The highest BCUT2D eigenvalue weighted by Crippen LogP contribution is 2.07. The van der Waals surface area contributed by atoms with Crippen LogP contribution in [0.3, 0.4) is 0 Å². The summed E-state index contributed by atoms with van der Waals surface area (Å²) >= 11 is 0. The van der Waals surface area contributed by atoms with Crippen LogP contribution >= 0.6 is 10.8 Å². The van der Waals surface area contributed by atoms with E-state index in [1.807, 2.05) is 0 Å². The van der Waals surface area contributed by atoms with Gasteiger partial charge < -0.3 is 4.55 Å². The molecule has 0 N–H and O–H groups in total. The molecule has 0 aliphatic carbocycles. The third-order valence-corrected chi connectivity index (χ3v) is 1.39. The third kappa shape index (κ3) is 0.584. The summed E-state index contributed by atoms with van der Waals surface area (Å²) in [4.78, 5) is 0. The lowest BCUT2D eigenvalue weighted by atomic mass is 10.7. The fraction of sp³-hybridized carbons (Fsp3) is 0. The van der Waals surface area contributed by atoms with Gasteiger partial charge in [-0.2, -0.15) is 0 Å². The molecular weight excluding hydrogens is 96.1 g/mol. The molecule has 1 rings (SSSR count). The van der Waals surface area contributed by atoms with Crippen LogP contribution < -0.4 is 0 Å². The van der Waals surface area contributed by atoms with Crippen LogP contribution in [0.4, 0.5) is 0 Å². The fourth-order valence-electron chi connectivity index (χ4n) is 0.291. The maximum Gasteiger partial charge on any atom is 0.136 e. The first-order valence-corrected chi connectivity index (χ1v) is 2.91. The Hall–Kier alpha value is -0.340. The molecule has 0 fully saturated rings. The number of thiophene rings is 1. The van der Waals surface area contributed by atoms with E-state index in [0.717, 1.165) is 0 Å². The molecule has 0 saturated carbocycles. The second-order valence-corrected chi connectivity index (χ2v) is 2.19. The van der Waals surface area contributed by atoms with Crippen LogP contribution in [-0.4, -0.2) is 4.55 Å². The molecule has 0 unspecified atom stereocenters. The van der Waals surface area contributed by atoms with Gasteiger partial charge in [-0.05, 0) is 12.1 Å². The summed E-state index contributed by atoms with van der Waals surface area (Å²) in [5.41, 5.74) is 0. The number of hydrogen-bond acceptors (Lipinski definition) is 1. The molecule has 1 heterocycles. The summed E-state index contributed by atoms with van der Waals surface area (Å²) in [5, 5.41) is 3.28. The largest absolute Gasteiger partial charge is 0.591 e. The molecule has 0 atom stereocenters. The molecule has 2 heteroatoms. The van der Waals surface area contributed by atoms with Crippen LogP contribution in [0.2, 0.25) is 0 Å². The van der Waals surface area contributed by atoms with Crippen molar-refractivity contribution in [2.24, 2.45) is 0 Å². The molecule has 0 aromatic carbocycles. The molecule has 0 bridgehead atoms. The van der Waals surface area contributed by atoms with E-state index in [2.05, 4.69) is 0 Å². The second kappa shape index (κ2) is 1.41. The van der Waals surface area contributed by atoms with Crippen molar-refractivity contribution < 1.29 is 4.55 Å². The van der Waals surface area contributed by atoms with Gasteiger partial charge in [-0.1, -0.05) is 10.8 Å². The van der Waals surface area contributed by atoms with E-state index in [-0.39, 0.29) is 0 Å². The zero-order valence-corrected chi connectivity index (χ0v) is 3.94. The third-order valence-electron chi connectivity index (χ3n) is 0.536. The van der Waals surface area contributed by atoms with Gasteiger partial charge in [-0.25, -0.2) is 0 Å². The van der Waals surface area contributed by atoms with Gasteiger partial charge in [0.05, 0.1) is 0 Å². The Morgan fingerprint density at radius 3 is 1.83 bits per heavy atom. The minimum absolute atomic E-state index is 0.784. The van der Waals surface area contributed by atoms with E-state index in [1.165, 1.54) is 0 Å². The smallest absolute Gasteiger partial charge is 0.136 e. The Bertz CT molecular complexity index is 111. The normalized spacial score (nSPS) is 8.83. The maximum absolute atomic E-state index is 10.2. The van der Waals surface area contributed by atoms with Crippen LogP contribution in [-0.2, 0) is 0 Å². The van der Waals surface area contributed by atoms with Gasteiger partial charge in [0.2, 0.25) is 0 Å². The van der Waals surface area contributed by atoms with E-state index in [4.69, 9.17) is 0 Å². The van der Waals surface area contributed by atoms with Crippen molar-refractivity contribution in [3.05, 3.63) is 22.9 Å². The summed E-state index contributed by atoms with van der Waals surface area (Å²) in [6.07, 6.45) is 0. The Labute approximate surface area is 39.0 Å². The molecule has 32 valence electrons. The van der Waals surface area contributed by atoms with E-state index >= 15 is 0 Å². The van der Waals surface area contributed by atoms with E-state index in [0.29, 0.717) is 0 Å². The van der Waals surface area contributed by atoms with Crippen molar-refractivity contribution in [1.82, 2.24) is 0 Å². The Balaban J connectivity index is 3.05. The highest BCUT2D eigenvalue weighted by atomic mass is 32.2. The average Bonchev–Trinajstić information content (AvgIpc) is 1.86. The number of rotatable bonds is 0. The number of hydrogen-bond donors (Lipinski definition) is 0. The lowest BCUT2D eigenvalue weighted by molar-refractivity contribution is 0.598. The zero-order chi connectivity index (χ0) is 4.41. The summed E-state index contributed by atoms with van der Waals surface area (Å²) in [5.74, 6) is 0. The molecule has 1 aromatic heterocycles. The second-order valence-electron chi connectivity index (χ2n) is 0.986. The monoisotopic (exact) mass is 100.0 g/mol. The average molecular weight is 100 g/mol. The van der Waals surface area contributed by atoms with Crippen LogP contribution in [0.5, 0.6) is 0 Å². The first-order chi connectivity index (χ1) is 2.89. The van der Waals surface area contributed by atoms with Crippen molar-refractivity contribution in [3.63, 3.8) is 0 Å². The summed E-state index contributed by atoms with van der Waals surface area (Å²) in [6, 6.07) is 3.55. The first kappa shape index (κ1) is 3.84. The molecule has 0 saturated heterocycles. The Kier molecular flexibility index (Phi) is 0.900. The molecule has 0 spiro atoms. The topological polar surface area (TPSA) is 23.1 Å². The minimum atomic E-state index is -0.784. The molecule has 0 aliphatic rings. The lowest BCUT2D eigenvalue weighted by Crippen LogP contribution is -1.38. The standard InChI is InChI=1S/C4H4OS/c5-6-3-1-2-4-6/h1-4H. The van der Waals surface area contributed by atoms with Gasteiger partial charge in [0.25, 0.3) is 0 Å². The molecule has 6 heavy (non-hydrogen) atoms. The van der Waals surface area contributed by atoms with Crippen molar-refractivity contribution in [2.75, 3.05) is 0 Å². The van der Waals surface area contributed by atoms with Gasteiger partial charge in [0.1, 0.15) is 10.8 Å². The Morgan fingerprint density at radius 1 is 1.17 bits per heavy atom. The van der Waals surface area contributed by atoms with Gasteiger partial charge >= 0.3 is 0 Å². The van der Waals surface area contributed by atoms with Crippen molar-refractivity contribution in [1.29, 1.82) is 0 Å². The highest BCUT2D eigenvalue weighted by molar-refractivity contribution is 7.21. The van der Waals surface area contributed by atoms with Crippen LogP contribution in [0.15, 0.2) is 22.9 Å². The van der Waals surface area contributed by atoms with Gasteiger partial charge in [-0.3, -0.25) is 0 Å². The molecular formula is C4H4OS. The maximum atomic E-state index is 10.2. The first-order valence-electron chi connectivity index (χ1n) is 1.64. The van der Waals surface area contributed by atoms with E-state index in [1.54, 1.807) is 22.9 Å². The zero-order valence-electron chi connectivity index (χ0n) is 3.13. The lowest BCUT2D eigenvalue weighted by Gasteiger charge is -1.74. The molecule has 0 aliphatic heterocycles. The SMILES string of the molecule is [O-][s+]1cccc1. The van der Waals surface area contributed by atoms with Gasteiger partial charge in [0, 0.05) is 0 Å². The summed E-state index contributed by atoms with van der Waals surface area (Å²) < 4.78 is 10.2. The summed E-state index contributed by atoms with van der Waals surface area (Å²) in [7, 11) is -0.784. The van der Waals surface area contributed by atoms with Crippen molar-refractivity contribution in [2.45, 2.75) is 0 Å². The van der Waals surface area contributed by atoms with Crippen molar-refractivity contribution in [3.8, 4) is 0 Å². The van der Waals surface area contributed by atoms with Crippen LogP contribution in [0, 0.1) is 0 Å². The predicted molar refractivity (Wildman–Crippen MR) is 25.1 cm³/mol. The van der Waals surface area contributed by atoms with Crippen molar-refractivity contribution >= 4 is 10.8 Å². The fourth-order valence-corrected chi connectivity index (χ4v) is 0.873. The summed E-state index contributed by atoms with van der Waals surface area (Å²) in [6.45, 7) is 0. The molecule has 1 nitrogen and oxygen atoms in total.